The SMILES string of the molecule is CSc1cc(Br)c(Sc2c(Br)cc(SC)c(Br)c2Br)c(Br)c1Br. The lowest BCUT2D eigenvalue weighted by molar-refractivity contribution is 1.20. The molecule has 0 aliphatic carbocycles. The molecule has 0 saturated carbocycles. The quantitative estimate of drug-likeness (QED) is 0.226. The maximum absolute atomic E-state index is 3.72. The summed E-state index contributed by atoms with van der Waals surface area (Å²) in [5.74, 6) is 0. The highest BCUT2D eigenvalue weighted by molar-refractivity contribution is 9.13. The van der Waals surface area contributed by atoms with Crippen LogP contribution in [0.25, 0.3) is 0 Å². The molecule has 0 aliphatic rings. The molecule has 0 saturated heterocycles. The van der Waals surface area contributed by atoms with E-state index in [0.29, 0.717) is 0 Å². The predicted octanol–water partition coefficient (Wildman–Crippen LogP) is 9.86. The molecular formula is C14H8Br6S3. The molecule has 0 fully saturated rings. The molecule has 2 rings (SSSR count). The van der Waals surface area contributed by atoms with E-state index >= 15 is 0 Å². The van der Waals surface area contributed by atoms with Crippen LogP contribution in [0.15, 0.2) is 58.6 Å². The molecule has 9 heteroatoms. The van der Waals surface area contributed by atoms with Crippen molar-refractivity contribution in [1.29, 1.82) is 0 Å². The second-order valence-electron chi connectivity index (χ2n) is 4.14. The predicted molar refractivity (Wildman–Crippen MR) is 127 cm³/mol. The monoisotopic (exact) mass is 745 g/mol. The van der Waals surface area contributed by atoms with E-state index < -0.39 is 0 Å². The van der Waals surface area contributed by atoms with Crippen molar-refractivity contribution in [3.63, 3.8) is 0 Å². The number of hydrogen-bond acceptors (Lipinski definition) is 3. The summed E-state index contributed by atoms with van der Waals surface area (Å²) in [6, 6.07) is 4.27. The molecule has 124 valence electrons. The molecule has 0 unspecified atom stereocenters. The molecule has 0 atom stereocenters. The van der Waals surface area contributed by atoms with Gasteiger partial charge in [-0.3, -0.25) is 0 Å². The van der Waals surface area contributed by atoms with Crippen LogP contribution >= 0.6 is 131 Å². The molecule has 0 radical (unpaired) electrons. The van der Waals surface area contributed by atoms with Crippen LogP contribution in [0.1, 0.15) is 0 Å². The van der Waals surface area contributed by atoms with Crippen LogP contribution < -0.4 is 0 Å². The zero-order valence-electron chi connectivity index (χ0n) is 11.6. The lowest BCUT2D eigenvalue weighted by Crippen LogP contribution is -1.88. The van der Waals surface area contributed by atoms with Gasteiger partial charge in [-0.2, -0.15) is 0 Å². The first-order valence-corrected chi connectivity index (χ1v) is 13.9. The van der Waals surface area contributed by atoms with E-state index in [-0.39, 0.29) is 0 Å². The van der Waals surface area contributed by atoms with Crippen LogP contribution in [0.4, 0.5) is 0 Å². The minimum Gasteiger partial charge on any atom is -0.128 e. The van der Waals surface area contributed by atoms with Gasteiger partial charge in [0.2, 0.25) is 0 Å². The Morgan fingerprint density at radius 2 is 0.957 bits per heavy atom. The first-order chi connectivity index (χ1) is 10.8. The Morgan fingerprint density at radius 1 is 0.609 bits per heavy atom. The Morgan fingerprint density at radius 3 is 1.26 bits per heavy atom. The van der Waals surface area contributed by atoms with E-state index in [4.69, 9.17) is 0 Å². The highest BCUT2D eigenvalue weighted by Crippen LogP contribution is 2.51. The molecule has 0 bridgehead atoms. The van der Waals surface area contributed by atoms with E-state index in [1.165, 1.54) is 9.79 Å². The van der Waals surface area contributed by atoms with Crippen LogP contribution in [0.3, 0.4) is 0 Å². The molecule has 0 nitrogen and oxygen atoms in total. The Labute approximate surface area is 199 Å². The smallest absolute Gasteiger partial charge is 0.0479 e. The highest BCUT2D eigenvalue weighted by atomic mass is 79.9. The van der Waals surface area contributed by atoms with Crippen molar-refractivity contribution < 1.29 is 0 Å². The summed E-state index contributed by atoms with van der Waals surface area (Å²) < 4.78 is 6.36. The van der Waals surface area contributed by atoms with E-state index in [0.717, 1.165) is 36.6 Å². The van der Waals surface area contributed by atoms with Crippen molar-refractivity contribution in [1.82, 2.24) is 0 Å². The van der Waals surface area contributed by atoms with Crippen molar-refractivity contribution in [2.45, 2.75) is 19.6 Å². The fraction of sp³-hybridized carbons (Fsp3) is 0.143. The molecule has 2 aromatic carbocycles. The topological polar surface area (TPSA) is 0 Å². The van der Waals surface area contributed by atoms with Crippen molar-refractivity contribution in [3.8, 4) is 0 Å². The molecule has 0 aliphatic heterocycles. The Bertz CT molecular complexity index is 700. The second kappa shape index (κ2) is 9.53. The average molecular weight is 752 g/mol. The van der Waals surface area contributed by atoms with Gasteiger partial charge >= 0.3 is 0 Å². The van der Waals surface area contributed by atoms with Crippen molar-refractivity contribution in [2.75, 3.05) is 12.5 Å². The van der Waals surface area contributed by atoms with E-state index in [9.17, 15) is 0 Å². The number of hydrogen-bond donors (Lipinski definition) is 0. The van der Waals surface area contributed by atoms with Gasteiger partial charge in [0.25, 0.3) is 0 Å². The summed E-state index contributed by atoms with van der Waals surface area (Å²) >= 11 is 27.3. The van der Waals surface area contributed by atoms with Gasteiger partial charge in [0.05, 0.1) is 0 Å². The number of halogens is 6. The summed E-state index contributed by atoms with van der Waals surface area (Å²) in [7, 11) is 0. The molecule has 0 spiro atoms. The molecule has 0 N–H and O–H groups in total. The highest BCUT2D eigenvalue weighted by Gasteiger charge is 2.19. The second-order valence-corrected chi connectivity index (χ2v) is 11.7. The van der Waals surface area contributed by atoms with Gasteiger partial charge in [-0.15, -0.1) is 23.5 Å². The van der Waals surface area contributed by atoms with E-state index in [1.807, 2.05) is 0 Å². The summed E-state index contributed by atoms with van der Waals surface area (Å²) in [4.78, 5) is 4.62. The molecule has 0 aromatic heterocycles. The van der Waals surface area contributed by atoms with Crippen LogP contribution in [0.2, 0.25) is 0 Å². The van der Waals surface area contributed by atoms with Crippen LogP contribution in [-0.2, 0) is 0 Å². The van der Waals surface area contributed by atoms with Crippen LogP contribution in [0.5, 0.6) is 0 Å². The van der Waals surface area contributed by atoms with E-state index in [2.05, 4.69) is 120 Å². The number of thioether (sulfide) groups is 2. The molecule has 0 amide bonds. The van der Waals surface area contributed by atoms with Gasteiger partial charge < -0.3 is 0 Å². The van der Waals surface area contributed by atoms with Gasteiger partial charge in [-0.05, 0) is 120 Å². The standard InChI is InChI=1S/C14H8Br6S3/c1-21-7-3-5(15)13(11(19)9(7)17)23-14-6(16)4-8(22-2)10(18)12(14)20/h3-4H,1-2H3. The summed E-state index contributed by atoms with van der Waals surface area (Å²) in [5, 5.41) is 0. The van der Waals surface area contributed by atoms with Gasteiger partial charge in [-0.25, -0.2) is 0 Å². The minimum absolute atomic E-state index is 1.05. The van der Waals surface area contributed by atoms with Crippen LogP contribution in [-0.4, -0.2) is 12.5 Å². The first kappa shape index (κ1) is 21.7. The summed E-state index contributed by atoms with van der Waals surface area (Å²) in [6.07, 6.45) is 4.13. The lowest BCUT2D eigenvalue weighted by atomic mass is 10.3. The minimum atomic E-state index is 1.05. The summed E-state index contributed by atoms with van der Waals surface area (Å²) in [5.41, 5.74) is 0. The Hall–Kier alpha value is 2.37. The van der Waals surface area contributed by atoms with Crippen molar-refractivity contribution >= 4 is 131 Å². The largest absolute Gasteiger partial charge is 0.128 e. The number of rotatable bonds is 4. The molecule has 23 heavy (non-hydrogen) atoms. The maximum atomic E-state index is 3.72. The zero-order chi connectivity index (χ0) is 17.3. The fourth-order valence-corrected chi connectivity index (χ4v) is 9.27. The Balaban J connectivity index is 2.57. The van der Waals surface area contributed by atoms with Gasteiger partial charge in [0.15, 0.2) is 0 Å². The van der Waals surface area contributed by atoms with Crippen LogP contribution in [0, 0.1) is 0 Å². The third-order valence-electron chi connectivity index (χ3n) is 2.81. The first-order valence-electron chi connectivity index (χ1n) is 5.92. The molecule has 0 heterocycles. The summed E-state index contributed by atoms with van der Waals surface area (Å²) in [6.45, 7) is 0. The normalized spacial score (nSPS) is 11.1. The van der Waals surface area contributed by atoms with Crippen molar-refractivity contribution in [3.05, 3.63) is 39.0 Å². The average Bonchev–Trinajstić information content (AvgIpc) is 2.53. The third-order valence-corrected chi connectivity index (χ3v) is 12.7. The van der Waals surface area contributed by atoms with Gasteiger partial charge in [0.1, 0.15) is 0 Å². The third kappa shape index (κ3) is 4.81. The number of benzene rings is 2. The maximum Gasteiger partial charge on any atom is 0.0479 e. The molecular weight excluding hydrogens is 744 g/mol. The van der Waals surface area contributed by atoms with Gasteiger partial charge in [-0.1, -0.05) is 11.8 Å². The van der Waals surface area contributed by atoms with E-state index in [1.54, 1.807) is 35.3 Å². The molecule has 2 aromatic rings. The fourth-order valence-electron chi connectivity index (χ4n) is 1.70. The van der Waals surface area contributed by atoms with Gasteiger partial charge in [0, 0.05) is 46.4 Å². The zero-order valence-corrected chi connectivity index (χ0v) is 23.6. The Kier molecular flexibility index (Phi) is 8.98. The van der Waals surface area contributed by atoms with Crippen molar-refractivity contribution in [2.24, 2.45) is 0 Å². The lowest BCUT2D eigenvalue weighted by Gasteiger charge is -2.16.